The third-order valence-electron chi connectivity index (χ3n) is 4.69. The largest absolute Gasteiger partial charge is 0.383 e. The molecule has 0 unspecified atom stereocenters. The third kappa shape index (κ3) is 4.63. The molecule has 0 saturated carbocycles. The van der Waals surface area contributed by atoms with Crippen LogP contribution in [0.25, 0.3) is 10.9 Å². The molecule has 3 rings (SSSR count). The molecule has 5 nitrogen and oxygen atoms in total. The zero-order chi connectivity index (χ0) is 17.5. The standard InChI is InChI=1S/C20H27N3O2/c1-25-14-13-23-15-18(17-9-5-6-10-19(17)23)22-20(24)21-12-11-16-7-3-2-4-8-16/h5-7,9-10,15H,2-4,8,11-14H2,1H3,(H2,21,22,24). The molecule has 1 aliphatic rings. The third-order valence-corrected chi connectivity index (χ3v) is 4.69. The Labute approximate surface area is 149 Å². The Hall–Kier alpha value is -2.27. The molecule has 0 fully saturated rings. The molecule has 134 valence electrons. The first-order valence-electron chi connectivity index (χ1n) is 9.07. The van der Waals surface area contributed by atoms with Crippen molar-refractivity contribution in [3.63, 3.8) is 0 Å². The summed E-state index contributed by atoms with van der Waals surface area (Å²) in [6, 6.07) is 7.94. The second-order valence-corrected chi connectivity index (χ2v) is 6.49. The molecule has 2 amide bonds. The topological polar surface area (TPSA) is 55.3 Å². The molecule has 2 aromatic rings. The van der Waals surface area contributed by atoms with E-state index >= 15 is 0 Å². The van der Waals surface area contributed by atoms with Crippen molar-refractivity contribution in [2.45, 2.75) is 38.6 Å². The van der Waals surface area contributed by atoms with Gasteiger partial charge in [-0.3, -0.25) is 0 Å². The van der Waals surface area contributed by atoms with E-state index in [9.17, 15) is 4.79 Å². The lowest BCUT2D eigenvalue weighted by molar-refractivity contribution is 0.188. The molecule has 25 heavy (non-hydrogen) atoms. The van der Waals surface area contributed by atoms with Crippen LogP contribution < -0.4 is 10.6 Å². The minimum Gasteiger partial charge on any atom is -0.383 e. The van der Waals surface area contributed by atoms with Gasteiger partial charge in [-0.25, -0.2) is 4.79 Å². The van der Waals surface area contributed by atoms with E-state index in [1.165, 1.54) is 31.3 Å². The number of para-hydroxylation sites is 1. The Kier molecular flexibility index (Phi) is 6.12. The van der Waals surface area contributed by atoms with Gasteiger partial charge in [0.2, 0.25) is 0 Å². The number of urea groups is 1. The molecular formula is C20H27N3O2. The molecule has 0 radical (unpaired) electrons. The van der Waals surface area contributed by atoms with Crippen LogP contribution in [-0.4, -0.2) is 30.9 Å². The first-order chi connectivity index (χ1) is 12.3. The second-order valence-electron chi connectivity index (χ2n) is 6.49. The highest BCUT2D eigenvalue weighted by molar-refractivity contribution is 6.01. The Balaban J connectivity index is 1.59. The zero-order valence-corrected chi connectivity index (χ0v) is 14.9. The normalized spacial score (nSPS) is 14.4. The van der Waals surface area contributed by atoms with E-state index < -0.39 is 0 Å². The number of rotatable bonds is 7. The van der Waals surface area contributed by atoms with Crippen LogP contribution in [0.1, 0.15) is 32.1 Å². The number of amides is 2. The maximum atomic E-state index is 12.2. The highest BCUT2D eigenvalue weighted by Crippen LogP contribution is 2.26. The predicted molar refractivity (Wildman–Crippen MR) is 102 cm³/mol. The van der Waals surface area contributed by atoms with E-state index in [1.807, 2.05) is 24.4 Å². The van der Waals surface area contributed by atoms with Crippen molar-refractivity contribution in [1.82, 2.24) is 9.88 Å². The second kappa shape index (κ2) is 8.72. The van der Waals surface area contributed by atoms with Crippen molar-refractivity contribution in [2.75, 3.05) is 25.6 Å². The number of methoxy groups -OCH3 is 1. The number of anilines is 1. The summed E-state index contributed by atoms with van der Waals surface area (Å²) in [4.78, 5) is 12.2. The zero-order valence-electron chi connectivity index (χ0n) is 14.9. The fraction of sp³-hybridized carbons (Fsp3) is 0.450. The van der Waals surface area contributed by atoms with Crippen LogP contribution in [0.2, 0.25) is 0 Å². The molecule has 0 aliphatic heterocycles. The molecule has 0 bridgehead atoms. The molecular weight excluding hydrogens is 314 g/mol. The van der Waals surface area contributed by atoms with Gasteiger partial charge in [0, 0.05) is 31.8 Å². The van der Waals surface area contributed by atoms with Gasteiger partial charge in [0.25, 0.3) is 0 Å². The number of allylic oxidation sites excluding steroid dienone is 1. The number of carbonyl (C=O) groups is 1. The molecule has 0 atom stereocenters. The van der Waals surface area contributed by atoms with Crippen LogP contribution in [0, 0.1) is 0 Å². The van der Waals surface area contributed by atoms with Crippen LogP contribution in [0.5, 0.6) is 0 Å². The fourth-order valence-corrected chi connectivity index (χ4v) is 3.36. The molecule has 0 saturated heterocycles. The molecule has 1 heterocycles. The highest BCUT2D eigenvalue weighted by Gasteiger charge is 2.11. The van der Waals surface area contributed by atoms with Crippen molar-refractivity contribution >= 4 is 22.6 Å². The van der Waals surface area contributed by atoms with Gasteiger partial charge in [-0.2, -0.15) is 0 Å². The summed E-state index contributed by atoms with van der Waals surface area (Å²) in [5.41, 5.74) is 3.41. The van der Waals surface area contributed by atoms with Crippen molar-refractivity contribution in [3.05, 3.63) is 42.1 Å². The monoisotopic (exact) mass is 341 g/mol. The summed E-state index contributed by atoms with van der Waals surface area (Å²) < 4.78 is 7.28. The van der Waals surface area contributed by atoms with Gasteiger partial charge >= 0.3 is 6.03 Å². The molecule has 1 aromatic carbocycles. The van der Waals surface area contributed by atoms with E-state index in [2.05, 4.69) is 27.3 Å². The van der Waals surface area contributed by atoms with Gasteiger partial charge in [0.15, 0.2) is 0 Å². The summed E-state index contributed by atoms with van der Waals surface area (Å²) in [5, 5.41) is 7.00. The van der Waals surface area contributed by atoms with Crippen molar-refractivity contribution in [2.24, 2.45) is 0 Å². The SMILES string of the molecule is COCCn1cc(NC(=O)NCCC2=CCCCC2)c2ccccc21. The maximum absolute atomic E-state index is 12.2. The van der Waals surface area contributed by atoms with Crippen molar-refractivity contribution < 1.29 is 9.53 Å². The van der Waals surface area contributed by atoms with E-state index in [0.29, 0.717) is 13.2 Å². The quantitative estimate of drug-likeness (QED) is 0.738. The average Bonchev–Trinajstić information content (AvgIpc) is 2.99. The number of nitrogens with one attached hydrogen (secondary N) is 2. The number of hydrogen-bond donors (Lipinski definition) is 2. The lowest BCUT2D eigenvalue weighted by Crippen LogP contribution is -2.29. The minimum atomic E-state index is -0.147. The Morgan fingerprint density at radius 1 is 1.28 bits per heavy atom. The van der Waals surface area contributed by atoms with Crippen molar-refractivity contribution in [1.29, 1.82) is 0 Å². The Bertz CT molecular complexity index is 748. The molecule has 2 N–H and O–H groups in total. The number of carbonyl (C=O) groups excluding carboxylic acids is 1. The van der Waals surface area contributed by atoms with Crippen LogP contribution in [0.3, 0.4) is 0 Å². The lowest BCUT2D eigenvalue weighted by atomic mass is 9.97. The van der Waals surface area contributed by atoms with Gasteiger partial charge in [-0.05, 0) is 38.2 Å². The molecule has 0 spiro atoms. The number of aromatic nitrogens is 1. The summed E-state index contributed by atoms with van der Waals surface area (Å²) in [7, 11) is 1.69. The summed E-state index contributed by atoms with van der Waals surface area (Å²) in [6.07, 6.45) is 10.2. The molecule has 1 aromatic heterocycles. The first kappa shape index (κ1) is 17.5. The fourth-order valence-electron chi connectivity index (χ4n) is 3.36. The molecule has 5 heteroatoms. The molecule has 1 aliphatic carbocycles. The van der Waals surface area contributed by atoms with Crippen LogP contribution >= 0.6 is 0 Å². The van der Waals surface area contributed by atoms with Gasteiger partial charge < -0.3 is 19.9 Å². The summed E-state index contributed by atoms with van der Waals surface area (Å²) >= 11 is 0. The van der Waals surface area contributed by atoms with Gasteiger partial charge in [-0.15, -0.1) is 0 Å². The maximum Gasteiger partial charge on any atom is 0.319 e. The van der Waals surface area contributed by atoms with Crippen molar-refractivity contribution in [3.8, 4) is 0 Å². The van der Waals surface area contributed by atoms with Crippen LogP contribution in [0.4, 0.5) is 10.5 Å². The van der Waals surface area contributed by atoms with Crippen LogP contribution in [-0.2, 0) is 11.3 Å². The van der Waals surface area contributed by atoms with Crippen LogP contribution in [0.15, 0.2) is 42.1 Å². The average molecular weight is 341 g/mol. The number of benzene rings is 1. The Morgan fingerprint density at radius 3 is 2.96 bits per heavy atom. The van der Waals surface area contributed by atoms with E-state index in [4.69, 9.17) is 4.74 Å². The van der Waals surface area contributed by atoms with E-state index in [1.54, 1.807) is 7.11 Å². The number of hydrogen-bond acceptors (Lipinski definition) is 2. The summed E-state index contributed by atoms with van der Waals surface area (Å²) in [5.74, 6) is 0. The van der Waals surface area contributed by atoms with E-state index in [-0.39, 0.29) is 6.03 Å². The van der Waals surface area contributed by atoms with Gasteiger partial charge in [0.1, 0.15) is 0 Å². The lowest BCUT2D eigenvalue weighted by Gasteiger charge is -2.13. The Morgan fingerprint density at radius 2 is 2.16 bits per heavy atom. The summed E-state index contributed by atoms with van der Waals surface area (Å²) in [6.45, 7) is 2.08. The number of fused-ring (bicyclic) bond motifs is 1. The predicted octanol–water partition coefficient (Wildman–Crippen LogP) is 4.30. The smallest absolute Gasteiger partial charge is 0.319 e. The first-order valence-corrected chi connectivity index (χ1v) is 9.07. The van der Waals surface area contributed by atoms with Gasteiger partial charge in [-0.1, -0.05) is 29.8 Å². The van der Waals surface area contributed by atoms with Gasteiger partial charge in [0.05, 0.1) is 17.8 Å². The highest BCUT2D eigenvalue weighted by atomic mass is 16.5. The van der Waals surface area contributed by atoms with E-state index in [0.717, 1.165) is 29.6 Å². The number of nitrogens with zero attached hydrogens (tertiary/aromatic N) is 1. The minimum absolute atomic E-state index is 0.147. The number of ether oxygens (including phenoxy) is 1.